The van der Waals surface area contributed by atoms with E-state index in [4.69, 9.17) is 15.9 Å². The van der Waals surface area contributed by atoms with Crippen LogP contribution in [-0.4, -0.2) is 111 Å². The predicted octanol–water partition coefficient (Wildman–Crippen LogP) is -2.90. The van der Waals surface area contributed by atoms with Crippen molar-refractivity contribution in [3.8, 4) is 0 Å². The number of carbonyl (C=O) groups is 4. The van der Waals surface area contributed by atoms with Crippen molar-refractivity contribution in [2.75, 3.05) is 65.4 Å². The van der Waals surface area contributed by atoms with Gasteiger partial charge in [0.15, 0.2) is 0 Å². The fraction of sp³-hybridized carbons (Fsp3) is 0.826. The number of nitrogens with one attached hydrogen (secondary N) is 7. The minimum atomic E-state index is -0.937. The zero-order valence-corrected chi connectivity index (χ0v) is 21.9. The minimum Gasteiger partial charge on any atom is -0.481 e. The Morgan fingerprint density at radius 1 is 0.784 bits per heavy atom. The first-order chi connectivity index (χ1) is 17.7. The summed E-state index contributed by atoms with van der Waals surface area (Å²) in [4.78, 5) is 46.6. The number of aliphatic carboxylic acids is 2. The van der Waals surface area contributed by atoms with Crippen LogP contribution in [-0.2, 0) is 19.2 Å². The van der Waals surface area contributed by atoms with Gasteiger partial charge in [-0.3, -0.25) is 24.5 Å². The van der Waals surface area contributed by atoms with Crippen LogP contribution >= 0.6 is 0 Å². The van der Waals surface area contributed by atoms with Gasteiger partial charge in [0.05, 0.1) is 5.54 Å². The third kappa shape index (κ3) is 14.2. The molecule has 214 valence electrons. The average Bonchev–Trinajstić information content (AvgIpc) is 2.85. The molecule has 0 spiro atoms. The quantitative estimate of drug-likeness (QED) is 0.109. The number of amides is 2. The summed E-state index contributed by atoms with van der Waals surface area (Å²) in [5.41, 5.74) is 4.55. The zero-order valence-electron chi connectivity index (χ0n) is 21.9. The van der Waals surface area contributed by atoms with Crippen LogP contribution in [0.15, 0.2) is 0 Å². The van der Waals surface area contributed by atoms with E-state index >= 15 is 0 Å². The molecule has 1 saturated heterocycles. The number of carboxylic acids is 2. The molecule has 0 bridgehead atoms. The number of hydrogen-bond acceptors (Lipinski definition) is 10. The molecule has 1 aliphatic heterocycles. The lowest BCUT2D eigenvalue weighted by atomic mass is 9.98. The third-order valence-electron chi connectivity index (χ3n) is 6.04. The Labute approximate surface area is 218 Å². The molecule has 0 saturated carbocycles. The normalized spacial score (nSPS) is 23.6. The van der Waals surface area contributed by atoms with Crippen LogP contribution in [0.3, 0.4) is 0 Å². The largest absolute Gasteiger partial charge is 0.481 e. The molecule has 1 rings (SSSR count). The Kier molecular flexibility index (Phi) is 15.9. The van der Waals surface area contributed by atoms with Gasteiger partial charge in [0, 0.05) is 84.6 Å². The molecule has 1 heterocycles. The summed E-state index contributed by atoms with van der Waals surface area (Å²) in [6.45, 7) is 6.81. The van der Waals surface area contributed by atoms with Crippen molar-refractivity contribution in [2.45, 2.75) is 56.7 Å². The molecule has 2 amide bonds. The van der Waals surface area contributed by atoms with Gasteiger partial charge in [-0.05, 0) is 19.4 Å². The summed E-state index contributed by atoms with van der Waals surface area (Å²) in [7, 11) is 0. The lowest BCUT2D eigenvalue weighted by molar-refractivity contribution is -0.138. The smallest absolute Gasteiger partial charge is 0.303 e. The second kappa shape index (κ2) is 18.0. The van der Waals surface area contributed by atoms with Gasteiger partial charge in [0.1, 0.15) is 5.66 Å². The van der Waals surface area contributed by atoms with Crippen LogP contribution in [0, 0.1) is 0 Å². The highest BCUT2D eigenvalue weighted by atomic mass is 16.4. The third-order valence-corrected chi connectivity index (χ3v) is 6.04. The molecule has 0 aromatic heterocycles. The van der Waals surface area contributed by atoms with Crippen molar-refractivity contribution in [1.82, 2.24) is 37.2 Å². The second-order valence-corrected chi connectivity index (χ2v) is 9.39. The van der Waals surface area contributed by atoms with E-state index in [1.165, 1.54) is 0 Å². The molecular weight excluding hydrogens is 484 g/mol. The molecule has 1 fully saturated rings. The van der Waals surface area contributed by atoms with E-state index in [1.54, 1.807) is 0 Å². The van der Waals surface area contributed by atoms with Crippen molar-refractivity contribution in [2.24, 2.45) is 5.73 Å². The summed E-state index contributed by atoms with van der Waals surface area (Å²) >= 11 is 0. The summed E-state index contributed by atoms with van der Waals surface area (Å²) in [5, 5.41) is 40.4. The van der Waals surface area contributed by atoms with E-state index in [0.29, 0.717) is 58.9 Å². The maximum atomic E-state index is 12.6. The molecule has 1 aliphatic rings. The summed E-state index contributed by atoms with van der Waals surface area (Å²) in [5.74, 6) is -2.34. The van der Waals surface area contributed by atoms with Crippen LogP contribution in [0.1, 0.15) is 45.4 Å². The molecule has 0 radical (unpaired) electrons. The summed E-state index contributed by atoms with van der Waals surface area (Å²) in [6.07, 6.45) is 0.617. The van der Waals surface area contributed by atoms with Gasteiger partial charge in [-0.2, -0.15) is 0 Å². The first kappa shape index (κ1) is 32.7. The van der Waals surface area contributed by atoms with E-state index < -0.39 is 23.1 Å². The first-order valence-corrected chi connectivity index (χ1v) is 13.0. The highest BCUT2D eigenvalue weighted by Crippen LogP contribution is 2.05. The SMILES string of the molecule is CCNC[C@]1(NC(=O)CCCC(=O)O)CNCCNC[C@@](CN)(NC(=O)CCCC(=O)O)CNCCN1. The van der Waals surface area contributed by atoms with Crippen molar-refractivity contribution < 1.29 is 29.4 Å². The Morgan fingerprint density at radius 3 is 1.81 bits per heavy atom. The lowest BCUT2D eigenvalue weighted by Gasteiger charge is -2.37. The Bertz CT molecular complexity index is 727. The molecule has 0 unspecified atom stereocenters. The number of likely N-dealkylation sites (N-methyl/N-ethyl adjacent to an activating group) is 1. The zero-order chi connectivity index (χ0) is 27.6. The minimum absolute atomic E-state index is 0.0616. The van der Waals surface area contributed by atoms with Crippen molar-refractivity contribution >= 4 is 23.8 Å². The molecule has 0 aliphatic carbocycles. The van der Waals surface area contributed by atoms with E-state index in [0.717, 1.165) is 0 Å². The average molecular weight is 531 g/mol. The molecule has 37 heavy (non-hydrogen) atoms. The number of nitrogens with two attached hydrogens (primary N) is 1. The predicted molar refractivity (Wildman–Crippen MR) is 139 cm³/mol. The second-order valence-electron chi connectivity index (χ2n) is 9.39. The molecule has 2 atom stereocenters. The highest BCUT2D eigenvalue weighted by molar-refractivity contribution is 5.78. The Hall–Kier alpha value is -2.36. The molecule has 0 aromatic rings. The topological polar surface area (TPSA) is 219 Å². The van der Waals surface area contributed by atoms with Crippen LogP contribution in [0.25, 0.3) is 0 Å². The van der Waals surface area contributed by atoms with Gasteiger partial charge in [-0.25, -0.2) is 0 Å². The summed E-state index contributed by atoms with van der Waals surface area (Å²) < 4.78 is 0. The number of rotatable bonds is 14. The Balaban J connectivity index is 2.81. The molecular formula is C23H46N8O6. The van der Waals surface area contributed by atoms with Crippen molar-refractivity contribution in [1.29, 1.82) is 0 Å². The van der Waals surface area contributed by atoms with Crippen molar-refractivity contribution in [3.05, 3.63) is 0 Å². The number of hydrogen-bond donors (Lipinski definition) is 10. The fourth-order valence-electron chi connectivity index (χ4n) is 4.02. The van der Waals surface area contributed by atoms with Gasteiger partial charge >= 0.3 is 11.9 Å². The van der Waals surface area contributed by atoms with E-state index in [9.17, 15) is 19.2 Å². The van der Waals surface area contributed by atoms with E-state index in [-0.39, 0.29) is 56.9 Å². The molecule has 0 aromatic carbocycles. The number of carbonyl (C=O) groups excluding carboxylic acids is 2. The van der Waals surface area contributed by atoms with Gasteiger partial charge in [-0.15, -0.1) is 0 Å². The molecule has 11 N–H and O–H groups in total. The maximum absolute atomic E-state index is 12.6. The lowest BCUT2D eigenvalue weighted by Crippen LogP contribution is -2.69. The van der Waals surface area contributed by atoms with Crippen LogP contribution < -0.4 is 43.0 Å². The van der Waals surface area contributed by atoms with Crippen LogP contribution in [0.4, 0.5) is 0 Å². The van der Waals surface area contributed by atoms with Crippen molar-refractivity contribution in [3.63, 3.8) is 0 Å². The molecule has 14 heteroatoms. The standard InChI is InChI=1S/C23H46N8O6/c1-2-25-16-23(31-19(33)6-4-8-21(36)37)17-28-10-9-26-14-22(13-24,15-27-11-12-29-23)30-18(32)5-3-7-20(34)35/h25-29H,2-17,24H2,1H3,(H,30,32)(H,31,33)(H,34,35)(H,36,37)/t22-,23+/m1/s1. The van der Waals surface area contributed by atoms with Gasteiger partial charge < -0.3 is 47.8 Å². The Morgan fingerprint density at radius 2 is 1.30 bits per heavy atom. The van der Waals surface area contributed by atoms with E-state index in [1.807, 2.05) is 6.92 Å². The van der Waals surface area contributed by atoms with Gasteiger partial charge in [0.25, 0.3) is 0 Å². The van der Waals surface area contributed by atoms with Crippen LogP contribution in [0.2, 0.25) is 0 Å². The fourth-order valence-corrected chi connectivity index (χ4v) is 4.02. The van der Waals surface area contributed by atoms with Gasteiger partial charge in [0.2, 0.25) is 11.8 Å². The maximum Gasteiger partial charge on any atom is 0.303 e. The van der Waals surface area contributed by atoms with Crippen LogP contribution in [0.5, 0.6) is 0 Å². The van der Waals surface area contributed by atoms with Gasteiger partial charge in [-0.1, -0.05) is 6.92 Å². The number of carboxylic acid groups (broad SMARTS) is 2. The monoisotopic (exact) mass is 530 g/mol. The highest BCUT2D eigenvalue weighted by Gasteiger charge is 2.32. The van der Waals surface area contributed by atoms with E-state index in [2.05, 4.69) is 37.2 Å². The summed E-state index contributed by atoms with van der Waals surface area (Å²) in [6, 6.07) is 0. The molecule has 14 nitrogen and oxygen atoms in total. The first-order valence-electron chi connectivity index (χ1n) is 13.0.